The molecule has 1 fully saturated rings. The topological polar surface area (TPSA) is 50.3 Å². The van der Waals surface area contributed by atoms with Crippen molar-refractivity contribution in [1.29, 1.82) is 0 Å². The average Bonchev–Trinajstić information content (AvgIpc) is 2.98. The van der Waals surface area contributed by atoms with Crippen LogP contribution in [0.5, 0.6) is 0 Å². The van der Waals surface area contributed by atoms with Crippen LogP contribution in [0.15, 0.2) is 16.7 Å². The molecule has 142 valence electrons. The minimum absolute atomic E-state index is 0.0811. The summed E-state index contributed by atoms with van der Waals surface area (Å²) in [5.41, 5.74) is 2.20. The third kappa shape index (κ3) is 4.38. The van der Waals surface area contributed by atoms with Crippen molar-refractivity contribution < 1.29 is 4.74 Å². The number of aromatic nitrogens is 2. The molecule has 2 aromatic rings. The van der Waals surface area contributed by atoms with Crippen molar-refractivity contribution in [2.24, 2.45) is 0 Å². The fourth-order valence-electron chi connectivity index (χ4n) is 2.96. The summed E-state index contributed by atoms with van der Waals surface area (Å²) in [6.45, 7) is 14.2. The number of hydrogen-bond acceptors (Lipinski definition) is 6. The summed E-state index contributed by atoms with van der Waals surface area (Å²) in [6.07, 6.45) is 1.91. The van der Waals surface area contributed by atoms with Gasteiger partial charge in [-0.2, -0.15) is 0 Å². The standard InChI is InChI=1S/C19H27BrN4OS/c1-12(16-13(2)23-18(26-16)19(3,4)5)22-14-10-15(20)17(21-11-14)24-6-8-25-9-7-24/h10-12,22H,6-9H2,1-5H3. The maximum Gasteiger partial charge on any atom is 0.143 e. The molecule has 0 saturated carbocycles. The van der Waals surface area contributed by atoms with Crippen LogP contribution in [0.2, 0.25) is 0 Å². The molecule has 3 heterocycles. The Bertz CT molecular complexity index is 765. The average molecular weight is 439 g/mol. The highest BCUT2D eigenvalue weighted by atomic mass is 79.9. The van der Waals surface area contributed by atoms with E-state index >= 15 is 0 Å². The van der Waals surface area contributed by atoms with Crippen molar-refractivity contribution in [3.05, 3.63) is 32.3 Å². The van der Waals surface area contributed by atoms with E-state index in [1.807, 2.05) is 6.20 Å². The van der Waals surface area contributed by atoms with Gasteiger partial charge in [0.1, 0.15) is 5.82 Å². The predicted octanol–water partition coefficient (Wildman–Crippen LogP) is 4.92. The number of thiazole rings is 1. The Morgan fingerprint density at radius 3 is 2.58 bits per heavy atom. The number of hydrogen-bond donors (Lipinski definition) is 1. The van der Waals surface area contributed by atoms with E-state index in [0.717, 1.165) is 48.0 Å². The molecule has 1 saturated heterocycles. The monoisotopic (exact) mass is 438 g/mol. The number of morpholine rings is 1. The van der Waals surface area contributed by atoms with Crippen molar-refractivity contribution in [3.63, 3.8) is 0 Å². The van der Waals surface area contributed by atoms with Gasteiger partial charge in [0.05, 0.1) is 46.3 Å². The number of rotatable bonds is 4. The maximum absolute atomic E-state index is 5.42. The van der Waals surface area contributed by atoms with E-state index in [-0.39, 0.29) is 11.5 Å². The van der Waals surface area contributed by atoms with E-state index in [1.165, 1.54) is 9.88 Å². The van der Waals surface area contributed by atoms with E-state index in [1.54, 1.807) is 11.3 Å². The molecule has 0 aromatic carbocycles. The summed E-state index contributed by atoms with van der Waals surface area (Å²) in [6, 6.07) is 2.29. The van der Waals surface area contributed by atoms with Gasteiger partial charge in [-0.1, -0.05) is 20.8 Å². The number of aryl methyl sites for hydroxylation is 1. The molecule has 1 atom stereocenters. The molecular weight excluding hydrogens is 412 g/mol. The SMILES string of the molecule is Cc1nc(C(C)(C)C)sc1C(C)Nc1cnc(N2CCOCC2)c(Br)c1. The lowest BCUT2D eigenvalue weighted by Gasteiger charge is -2.28. The summed E-state index contributed by atoms with van der Waals surface area (Å²) in [4.78, 5) is 13.0. The number of nitrogens with zero attached hydrogens (tertiary/aromatic N) is 3. The molecule has 0 radical (unpaired) electrons. The van der Waals surface area contributed by atoms with E-state index in [9.17, 15) is 0 Å². The fraction of sp³-hybridized carbons (Fsp3) is 0.579. The molecule has 0 aliphatic carbocycles. The first kappa shape index (κ1) is 19.6. The number of ether oxygens (including phenoxy) is 1. The molecule has 0 spiro atoms. The van der Waals surface area contributed by atoms with Crippen molar-refractivity contribution >= 4 is 38.8 Å². The lowest BCUT2D eigenvalue weighted by Crippen LogP contribution is -2.37. The molecule has 5 nitrogen and oxygen atoms in total. The molecular formula is C19H27BrN4OS. The normalized spacial score (nSPS) is 16.6. The quantitative estimate of drug-likeness (QED) is 0.733. The zero-order chi connectivity index (χ0) is 18.9. The molecule has 1 aliphatic rings. The van der Waals surface area contributed by atoms with Crippen LogP contribution >= 0.6 is 27.3 Å². The minimum atomic E-state index is 0.0811. The molecule has 26 heavy (non-hydrogen) atoms. The summed E-state index contributed by atoms with van der Waals surface area (Å²) in [5.74, 6) is 0.982. The molecule has 3 rings (SSSR count). The second-order valence-electron chi connectivity index (χ2n) is 7.71. The van der Waals surface area contributed by atoms with Gasteiger partial charge in [0.25, 0.3) is 0 Å². The van der Waals surface area contributed by atoms with E-state index in [0.29, 0.717) is 0 Å². The third-order valence-corrected chi connectivity index (χ3v) is 6.73. The number of halogens is 1. The first-order valence-electron chi connectivity index (χ1n) is 8.98. The van der Waals surface area contributed by atoms with Gasteiger partial charge in [-0.05, 0) is 35.8 Å². The second-order valence-corrected chi connectivity index (χ2v) is 9.60. The Morgan fingerprint density at radius 2 is 2.00 bits per heavy atom. The Morgan fingerprint density at radius 1 is 1.31 bits per heavy atom. The third-order valence-electron chi connectivity index (χ3n) is 4.38. The zero-order valence-corrected chi connectivity index (χ0v) is 18.5. The Hall–Kier alpha value is -1.18. The van der Waals surface area contributed by atoms with E-state index in [2.05, 4.69) is 71.8 Å². The van der Waals surface area contributed by atoms with Crippen LogP contribution in [0.1, 0.15) is 49.3 Å². The predicted molar refractivity (Wildman–Crippen MR) is 113 cm³/mol. The van der Waals surface area contributed by atoms with Gasteiger partial charge in [0.15, 0.2) is 0 Å². The largest absolute Gasteiger partial charge is 0.378 e. The molecule has 7 heteroatoms. The van der Waals surface area contributed by atoms with Crippen LogP contribution in [-0.2, 0) is 10.2 Å². The highest BCUT2D eigenvalue weighted by Gasteiger charge is 2.23. The van der Waals surface area contributed by atoms with Crippen LogP contribution in [0.4, 0.5) is 11.5 Å². The summed E-state index contributed by atoms with van der Waals surface area (Å²) in [5, 5.41) is 4.75. The Labute approximate surface area is 168 Å². The highest BCUT2D eigenvalue weighted by Crippen LogP contribution is 2.34. The minimum Gasteiger partial charge on any atom is -0.378 e. The van der Waals surface area contributed by atoms with E-state index in [4.69, 9.17) is 9.72 Å². The van der Waals surface area contributed by atoms with Gasteiger partial charge < -0.3 is 15.0 Å². The smallest absolute Gasteiger partial charge is 0.143 e. The first-order chi connectivity index (χ1) is 12.3. The Balaban J connectivity index is 1.74. The number of pyridine rings is 1. The van der Waals surface area contributed by atoms with Crippen molar-refractivity contribution in [2.75, 3.05) is 36.5 Å². The first-order valence-corrected chi connectivity index (χ1v) is 10.6. The molecule has 2 aromatic heterocycles. The number of nitrogens with one attached hydrogen (secondary N) is 1. The molecule has 1 N–H and O–H groups in total. The Kier molecular flexibility index (Phi) is 5.89. The highest BCUT2D eigenvalue weighted by molar-refractivity contribution is 9.10. The van der Waals surface area contributed by atoms with Crippen LogP contribution in [-0.4, -0.2) is 36.3 Å². The fourth-order valence-corrected chi connectivity index (χ4v) is 4.69. The molecule has 1 unspecified atom stereocenters. The van der Waals surface area contributed by atoms with Crippen LogP contribution in [0, 0.1) is 6.92 Å². The van der Waals surface area contributed by atoms with Crippen molar-refractivity contribution in [3.8, 4) is 0 Å². The van der Waals surface area contributed by atoms with Gasteiger partial charge in [0.2, 0.25) is 0 Å². The van der Waals surface area contributed by atoms with Crippen LogP contribution in [0.3, 0.4) is 0 Å². The molecule has 1 aliphatic heterocycles. The van der Waals surface area contributed by atoms with Gasteiger partial charge in [0, 0.05) is 23.4 Å². The summed E-state index contributed by atoms with van der Waals surface area (Å²) < 4.78 is 6.43. The number of anilines is 2. The van der Waals surface area contributed by atoms with Crippen molar-refractivity contribution in [1.82, 2.24) is 9.97 Å². The van der Waals surface area contributed by atoms with Crippen LogP contribution in [0.25, 0.3) is 0 Å². The lowest BCUT2D eigenvalue weighted by molar-refractivity contribution is 0.122. The van der Waals surface area contributed by atoms with Gasteiger partial charge in [-0.3, -0.25) is 0 Å². The van der Waals surface area contributed by atoms with Gasteiger partial charge in [-0.15, -0.1) is 11.3 Å². The van der Waals surface area contributed by atoms with Crippen LogP contribution < -0.4 is 10.2 Å². The van der Waals surface area contributed by atoms with Gasteiger partial charge in [-0.25, -0.2) is 9.97 Å². The maximum atomic E-state index is 5.42. The molecule has 0 amide bonds. The second kappa shape index (κ2) is 7.82. The lowest BCUT2D eigenvalue weighted by atomic mass is 9.98. The summed E-state index contributed by atoms with van der Waals surface area (Å²) >= 11 is 5.47. The van der Waals surface area contributed by atoms with Gasteiger partial charge >= 0.3 is 0 Å². The summed E-state index contributed by atoms with van der Waals surface area (Å²) in [7, 11) is 0. The van der Waals surface area contributed by atoms with Crippen molar-refractivity contribution in [2.45, 2.75) is 46.1 Å². The zero-order valence-electron chi connectivity index (χ0n) is 16.1. The molecule has 0 bridgehead atoms. The van der Waals surface area contributed by atoms with E-state index < -0.39 is 0 Å².